The molecule has 1 heterocycles. The van der Waals surface area contributed by atoms with Gasteiger partial charge in [-0.25, -0.2) is 4.68 Å². The summed E-state index contributed by atoms with van der Waals surface area (Å²) < 4.78 is 2.65. The molecule has 0 saturated heterocycles. The van der Waals surface area contributed by atoms with Gasteiger partial charge in [-0.05, 0) is 64.6 Å². The number of hydrogen-bond donors (Lipinski definition) is 1. The average Bonchev–Trinajstić information content (AvgIpc) is 3.10. The van der Waals surface area contributed by atoms with Crippen LogP contribution in [0, 0.1) is 3.57 Å². The number of hydrogen-bond acceptors (Lipinski definition) is 2. The molecule has 0 aliphatic heterocycles. The van der Waals surface area contributed by atoms with E-state index in [9.17, 15) is 4.79 Å². The third-order valence-corrected chi connectivity index (χ3v) is 4.88. The highest BCUT2D eigenvalue weighted by molar-refractivity contribution is 14.1. The van der Waals surface area contributed by atoms with Crippen molar-refractivity contribution in [1.29, 1.82) is 0 Å². The number of amides is 1. The third kappa shape index (κ3) is 3.92. The van der Waals surface area contributed by atoms with E-state index in [2.05, 4.69) is 33.0 Å². The molecule has 0 saturated carbocycles. The van der Waals surface area contributed by atoms with Gasteiger partial charge in [0.25, 0.3) is 5.91 Å². The third-order valence-electron chi connectivity index (χ3n) is 3.34. The number of nitrogens with zero attached hydrogens (tertiary/aromatic N) is 2. The van der Waals surface area contributed by atoms with E-state index in [1.54, 1.807) is 29.1 Å². The van der Waals surface area contributed by atoms with Gasteiger partial charge >= 0.3 is 0 Å². The van der Waals surface area contributed by atoms with Crippen LogP contribution in [0.3, 0.4) is 0 Å². The topological polar surface area (TPSA) is 46.9 Å². The van der Waals surface area contributed by atoms with Crippen molar-refractivity contribution in [1.82, 2.24) is 15.1 Å². The van der Waals surface area contributed by atoms with Gasteiger partial charge in [0, 0.05) is 28.1 Å². The minimum Gasteiger partial charge on any atom is -0.348 e. The second-order valence-corrected chi connectivity index (χ2v) is 6.50. The van der Waals surface area contributed by atoms with Crippen molar-refractivity contribution in [3.05, 3.63) is 80.6 Å². The van der Waals surface area contributed by atoms with Crippen LogP contribution in [0.25, 0.3) is 5.69 Å². The Morgan fingerprint density at radius 2 is 2.00 bits per heavy atom. The highest BCUT2D eigenvalue weighted by Crippen LogP contribution is 2.19. The van der Waals surface area contributed by atoms with Crippen molar-refractivity contribution in [2.45, 2.75) is 6.54 Å². The minimum absolute atomic E-state index is 0.115. The van der Waals surface area contributed by atoms with E-state index < -0.39 is 0 Å². The zero-order valence-electron chi connectivity index (χ0n) is 12.0. The lowest BCUT2D eigenvalue weighted by Crippen LogP contribution is -2.22. The van der Waals surface area contributed by atoms with Gasteiger partial charge < -0.3 is 5.32 Å². The van der Waals surface area contributed by atoms with Gasteiger partial charge in [0.05, 0.1) is 10.7 Å². The Morgan fingerprint density at radius 3 is 2.65 bits per heavy atom. The molecule has 0 bridgehead atoms. The first-order chi connectivity index (χ1) is 11.1. The van der Waals surface area contributed by atoms with Crippen molar-refractivity contribution < 1.29 is 4.79 Å². The largest absolute Gasteiger partial charge is 0.348 e. The van der Waals surface area contributed by atoms with E-state index in [0.29, 0.717) is 17.1 Å². The molecule has 3 rings (SSSR count). The van der Waals surface area contributed by atoms with Gasteiger partial charge in [0.15, 0.2) is 0 Å². The quantitative estimate of drug-likeness (QED) is 0.626. The molecule has 4 nitrogen and oxygen atoms in total. The molecule has 0 radical (unpaired) electrons. The van der Waals surface area contributed by atoms with Crippen molar-refractivity contribution >= 4 is 40.1 Å². The maximum Gasteiger partial charge on any atom is 0.251 e. The summed E-state index contributed by atoms with van der Waals surface area (Å²) in [5, 5.41) is 7.74. The molecule has 23 heavy (non-hydrogen) atoms. The normalized spacial score (nSPS) is 10.5. The van der Waals surface area contributed by atoms with Gasteiger partial charge in [0.2, 0.25) is 0 Å². The number of aromatic nitrogens is 2. The first-order valence-electron chi connectivity index (χ1n) is 6.96. The molecular formula is C17H13ClIN3O. The maximum absolute atomic E-state index is 12.2. The molecule has 3 aromatic rings. The number of benzene rings is 2. The standard InChI is InChI=1S/C17H13ClIN3O/c18-15-7-4-13(10-16(15)19)17(23)20-11-12-2-5-14(6-3-12)22-9-1-8-21-22/h1-10H,11H2,(H,20,23). The van der Waals surface area contributed by atoms with Gasteiger partial charge in [0.1, 0.15) is 0 Å². The monoisotopic (exact) mass is 437 g/mol. The SMILES string of the molecule is O=C(NCc1ccc(-n2cccn2)cc1)c1ccc(Cl)c(I)c1. The van der Waals surface area contributed by atoms with Crippen LogP contribution in [-0.2, 0) is 6.54 Å². The van der Waals surface area contributed by atoms with Crippen LogP contribution in [-0.4, -0.2) is 15.7 Å². The van der Waals surface area contributed by atoms with Crippen LogP contribution < -0.4 is 5.32 Å². The summed E-state index contributed by atoms with van der Waals surface area (Å²) in [6, 6.07) is 15.0. The molecule has 1 aromatic heterocycles. The first-order valence-corrected chi connectivity index (χ1v) is 8.41. The zero-order valence-corrected chi connectivity index (χ0v) is 15.0. The van der Waals surface area contributed by atoms with Crippen molar-refractivity contribution in [3.63, 3.8) is 0 Å². The van der Waals surface area contributed by atoms with Crippen molar-refractivity contribution in [3.8, 4) is 5.69 Å². The maximum atomic E-state index is 12.2. The summed E-state index contributed by atoms with van der Waals surface area (Å²) in [6.07, 6.45) is 3.63. The van der Waals surface area contributed by atoms with Gasteiger partial charge in [-0.1, -0.05) is 23.7 Å². The van der Waals surface area contributed by atoms with E-state index >= 15 is 0 Å². The Hall–Kier alpha value is -1.86. The van der Waals surface area contributed by atoms with Gasteiger partial charge in [-0.15, -0.1) is 0 Å². The van der Waals surface area contributed by atoms with Crippen molar-refractivity contribution in [2.24, 2.45) is 0 Å². The predicted molar refractivity (Wildman–Crippen MR) is 98.9 cm³/mol. The van der Waals surface area contributed by atoms with E-state index in [0.717, 1.165) is 14.8 Å². The van der Waals surface area contributed by atoms with Crippen molar-refractivity contribution in [2.75, 3.05) is 0 Å². The molecule has 0 aliphatic rings. The molecular weight excluding hydrogens is 425 g/mol. The Labute approximate surface area is 152 Å². The summed E-state index contributed by atoms with van der Waals surface area (Å²) in [6.45, 7) is 0.470. The van der Waals surface area contributed by atoms with Crippen LogP contribution in [0.5, 0.6) is 0 Å². The molecule has 0 fully saturated rings. The first kappa shape index (κ1) is 16.0. The van der Waals surface area contributed by atoms with Crippen LogP contribution in [0.15, 0.2) is 60.9 Å². The second-order valence-electron chi connectivity index (χ2n) is 4.93. The van der Waals surface area contributed by atoms with Gasteiger partial charge in [-0.2, -0.15) is 5.10 Å². The lowest BCUT2D eigenvalue weighted by molar-refractivity contribution is 0.0951. The Bertz CT molecular complexity index is 816. The fourth-order valence-electron chi connectivity index (χ4n) is 2.11. The number of nitrogens with one attached hydrogen (secondary N) is 1. The minimum atomic E-state index is -0.115. The number of carbonyl (C=O) groups is 1. The molecule has 0 spiro atoms. The fourth-order valence-corrected chi connectivity index (χ4v) is 2.74. The zero-order chi connectivity index (χ0) is 16.2. The molecule has 0 unspecified atom stereocenters. The van der Waals surface area contributed by atoms with Crippen LogP contribution in [0.4, 0.5) is 0 Å². The number of rotatable bonds is 4. The predicted octanol–water partition coefficient (Wildman–Crippen LogP) is 4.06. The smallest absolute Gasteiger partial charge is 0.251 e. The molecule has 6 heteroatoms. The van der Waals surface area contributed by atoms with Crippen LogP contribution in [0.1, 0.15) is 15.9 Å². The van der Waals surface area contributed by atoms with E-state index in [4.69, 9.17) is 11.6 Å². The second kappa shape index (κ2) is 7.14. The number of halogens is 2. The summed E-state index contributed by atoms with van der Waals surface area (Å²) in [7, 11) is 0. The van der Waals surface area contributed by atoms with Gasteiger partial charge in [-0.3, -0.25) is 4.79 Å². The average molecular weight is 438 g/mol. The molecule has 0 atom stereocenters. The lowest BCUT2D eigenvalue weighted by Gasteiger charge is -2.07. The van der Waals surface area contributed by atoms with E-state index in [1.165, 1.54) is 0 Å². The molecule has 0 aliphatic carbocycles. The van der Waals surface area contributed by atoms with E-state index in [-0.39, 0.29) is 5.91 Å². The molecule has 116 valence electrons. The Morgan fingerprint density at radius 1 is 1.22 bits per heavy atom. The Kier molecular flexibility index (Phi) is 4.97. The summed E-state index contributed by atoms with van der Waals surface area (Å²) in [5.41, 5.74) is 2.61. The molecule has 1 amide bonds. The summed E-state index contributed by atoms with van der Waals surface area (Å²) >= 11 is 8.08. The number of carbonyl (C=O) groups excluding carboxylic acids is 1. The summed E-state index contributed by atoms with van der Waals surface area (Å²) in [5.74, 6) is -0.115. The highest BCUT2D eigenvalue weighted by Gasteiger charge is 2.07. The molecule has 1 N–H and O–H groups in total. The summed E-state index contributed by atoms with van der Waals surface area (Å²) in [4.78, 5) is 12.2. The lowest BCUT2D eigenvalue weighted by atomic mass is 10.2. The fraction of sp³-hybridized carbons (Fsp3) is 0.0588. The Balaban J connectivity index is 1.63. The van der Waals surface area contributed by atoms with Crippen LogP contribution in [0.2, 0.25) is 5.02 Å². The van der Waals surface area contributed by atoms with Crippen LogP contribution >= 0.6 is 34.2 Å². The highest BCUT2D eigenvalue weighted by atomic mass is 127. The van der Waals surface area contributed by atoms with E-state index in [1.807, 2.05) is 36.5 Å². The molecule has 2 aromatic carbocycles.